The number of carbonyl (C=O) groups excluding carboxylic acids is 2. The van der Waals surface area contributed by atoms with E-state index < -0.39 is 0 Å². The summed E-state index contributed by atoms with van der Waals surface area (Å²) in [6.45, 7) is 0. The zero-order valence-corrected chi connectivity index (χ0v) is 18.5. The van der Waals surface area contributed by atoms with Gasteiger partial charge in [0, 0.05) is 36.0 Å². The highest BCUT2D eigenvalue weighted by Crippen LogP contribution is 2.21. The maximum atomic E-state index is 12.8. The Balaban J connectivity index is 1.29. The molecule has 5 rings (SSSR count). The Bertz CT molecular complexity index is 1420. The summed E-state index contributed by atoms with van der Waals surface area (Å²) in [6, 6.07) is 21.0. The number of Topliss-reactive ketones (excluding diaryl/α,β-unsaturated/α-hetero) is 1. The maximum Gasteiger partial charge on any atom is 0.276 e. The minimum atomic E-state index is -0.361. The standard InChI is InChI=1S/C27H23N5O2/c33-24(17-20-10-6-16-28-20)21-11-5-12-22-25(21)31-27(30-22)32-26(34)23-13-4-9-19(29-23)15-14-18-7-2-1-3-8-18/h1-9,11-13,16H,10,14-15,17H2,(H2,30,31,32,34). The molecule has 0 unspecified atom stereocenters. The van der Waals surface area contributed by atoms with Gasteiger partial charge in [-0.1, -0.05) is 48.5 Å². The van der Waals surface area contributed by atoms with E-state index >= 15 is 0 Å². The van der Waals surface area contributed by atoms with Gasteiger partial charge in [0.1, 0.15) is 11.2 Å². The number of hydrogen-bond acceptors (Lipinski definition) is 5. The molecule has 3 heterocycles. The van der Waals surface area contributed by atoms with Crippen molar-refractivity contribution in [1.82, 2.24) is 15.0 Å². The van der Waals surface area contributed by atoms with E-state index in [4.69, 9.17) is 0 Å². The molecule has 7 nitrogen and oxygen atoms in total. The zero-order valence-electron chi connectivity index (χ0n) is 18.5. The fourth-order valence-corrected chi connectivity index (χ4v) is 3.95. The van der Waals surface area contributed by atoms with E-state index in [0.29, 0.717) is 28.7 Å². The van der Waals surface area contributed by atoms with Crippen molar-refractivity contribution in [1.29, 1.82) is 0 Å². The minimum Gasteiger partial charge on any atom is -0.324 e. The number of aromatic nitrogens is 3. The molecule has 1 aliphatic heterocycles. The van der Waals surface area contributed by atoms with Crippen LogP contribution in [0, 0.1) is 0 Å². The molecular weight excluding hydrogens is 426 g/mol. The lowest BCUT2D eigenvalue weighted by molar-refractivity contribution is 0.0998. The summed E-state index contributed by atoms with van der Waals surface area (Å²) < 4.78 is 0. The van der Waals surface area contributed by atoms with Crippen LogP contribution in [0.15, 0.2) is 84.0 Å². The number of nitrogens with zero attached hydrogens (tertiary/aromatic N) is 3. The molecule has 1 aliphatic rings. The van der Waals surface area contributed by atoms with Crippen LogP contribution in [-0.4, -0.2) is 32.4 Å². The second kappa shape index (κ2) is 9.62. The number of aromatic amines is 1. The van der Waals surface area contributed by atoms with Gasteiger partial charge in [0.15, 0.2) is 5.78 Å². The van der Waals surface area contributed by atoms with Gasteiger partial charge in [-0.15, -0.1) is 0 Å². The summed E-state index contributed by atoms with van der Waals surface area (Å²) in [5.74, 6) is -0.137. The topological polar surface area (TPSA) is 100 Å². The Morgan fingerprint density at radius 2 is 1.76 bits per heavy atom. The van der Waals surface area contributed by atoms with Crippen LogP contribution in [0.1, 0.15) is 44.9 Å². The summed E-state index contributed by atoms with van der Waals surface area (Å²) in [4.78, 5) is 41.9. The molecule has 2 N–H and O–H groups in total. The number of pyridine rings is 1. The Kier molecular flexibility index (Phi) is 6.07. The molecule has 0 spiro atoms. The third kappa shape index (κ3) is 4.83. The van der Waals surface area contributed by atoms with Crippen LogP contribution >= 0.6 is 0 Å². The number of allylic oxidation sites excluding steroid dienone is 1. The fourth-order valence-electron chi connectivity index (χ4n) is 3.95. The third-order valence-corrected chi connectivity index (χ3v) is 5.68. The molecule has 1 amide bonds. The lowest BCUT2D eigenvalue weighted by Crippen LogP contribution is -2.15. The number of aryl methyl sites for hydroxylation is 2. The molecule has 7 heteroatoms. The van der Waals surface area contributed by atoms with Crippen LogP contribution in [0.2, 0.25) is 0 Å². The highest BCUT2D eigenvalue weighted by molar-refractivity contribution is 6.15. The predicted octanol–water partition coefficient (Wildman–Crippen LogP) is 4.93. The molecule has 2 aromatic heterocycles. The lowest BCUT2D eigenvalue weighted by Gasteiger charge is -2.05. The minimum absolute atomic E-state index is 0.0507. The van der Waals surface area contributed by atoms with Gasteiger partial charge < -0.3 is 4.98 Å². The first-order valence-electron chi connectivity index (χ1n) is 11.2. The Hall–Kier alpha value is -4.39. The zero-order chi connectivity index (χ0) is 23.3. The highest BCUT2D eigenvalue weighted by atomic mass is 16.2. The number of benzene rings is 2. The van der Waals surface area contributed by atoms with Gasteiger partial charge in [-0.25, -0.2) is 9.97 Å². The van der Waals surface area contributed by atoms with E-state index in [1.165, 1.54) is 5.56 Å². The van der Waals surface area contributed by atoms with Crippen molar-refractivity contribution in [3.8, 4) is 0 Å². The van der Waals surface area contributed by atoms with E-state index in [1.54, 1.807) is 24.4 Å². The number of para-hydroxylation sites is 1. The van der Waals surface area contributed by atoms with E-state index in [-0.39, 0.29) is 24.1 Å². The predicted molar refractivity (Wildman–Crippen MR) is 132 cm³/mol. The maximum absolute atomic E-state index is 12.8. The van der Waals surface area contributed by atoms with Crippen molar-refractivity contribution < 1.29 is 9.59 Å². The van der Waals surface area contributed by atoms with Crippen molar-refractivity contribution >= 4 is 34.4 Å². The third-order valence-electron chi connectivity index (χ3n) is 5.68. The highest BCUT2D eigenvalue weighted by Gasteiger charge is 2.18. The molecule has 0 fully saturated rings. The number of amides is 1. The van der Waals surface area contributed by atoms with Gasteiger partial charge in [-0.2, -0.15) is 0 Å². The van der Waals surface area contributed by atoms with Crippen molar-refractivity contribution in [2.24, 2.45) is 4.99 Å². The number of fused-ring (bicyclic) bond motifs is 1. The summed E-state index contributed by atoms with van der Waals surface area (Å²) >= 11 is 0. The Labute approximate surface area is 196 Å². The van der Waals surface area contributed by atoms with Gasteiger partial charge in [0.05, 0.1) is 5.52 Å². The van der Waals surface area contributed by atoms with Crippen molar-refractivity contribution in [3.63, 3.8) is 0 Å². The molecule has 0 radical (unpaired) electrons. The van der Waals surface area contributed by atoms with E-state index in [0.717, 1.165) is 24.2 Å². The molecular formula is C27H23N5O2. The van der Waals surface area contributed by atoms with Crippen LogP contribution in [0.3, 0.4) is 0 Å². The SMILES string of the molecule is O=C(Nc1nc2c(C(=O)CC3=NC=CC3)cccc2[nH]1)c1cccc(CCc2ccccc2)n1. The summed E-state index contributed by atoms with van der Waals surface area (Å²) in [5, 5.41) is 2.77. The molecule has 168 valence electrons. The molecule has 0 saturated carbocycles. The average Bonchev–Trinajstić information content (AvgIpc) is 3.52. The number of H-pyrrole nitrogens is 1. The second-order valence-corrected chi connectivity index (χ2v) is 8.13. The summed E-state index contributed by atoms with van der Waals surface area (Å²) in [7, 11) is 0. The van der Waals surface area contributed by atoms with Crippen molar-refractivity contribution in [2.45, 2.75) is 25.7 Å². The average molecular weight is 450 g/mol. The van der Waals surface area contributed by atoms with Gasteiger partial charge in [-0.05, 0) is 42.7 Å². The molecule has 34 heavy (non-hydrogen) atoms. The van der Waals surface area contributed by atoms with Crippen molar-refractivity contribution in [2.75, 3.05) is 5.32 Å². The number of carbonyl (C=O) groups is 2. The number of anilines is 1. The normalized spacial score (nSPS) is 12.6. The van der Waals surface area contributed by atoms with E-state index in [1.807, 2.05) is 42.5 Å². The lowest BCUT2D eigenvalue weighted by atomic mass is 10.0. The molecule has 4 aromatic rings. The summed E-state index contributed by atoms with van der Waals surface area (Å²) in [6.07, 6.45) is 6.18. The number of hydrogen-bond donors (Lipinski definition) is 2. The molecule has 0 atom stereocenters. The number of rotatable bonds is 8. The largest absolute Gasteiger partial charge is 0.324 e. The molecule has 0 bridgehead atoms. The van der Waals surface area contributed by atoms with Crippen LogP contribution in [0.25, 0.3) is 11.0 Å². The van der Waals surface area contributed by atoms with Crippen LogP contribution in [-0.2, 0) is 12.8 Å². The Morgan fingerprint density at radius 3 is 2.59 bits per heavy atom. The number of aliphatic imine (C=N–C) groups is 1. The van der Waals surface area contributed by atoms with E-state index in [9.17, 15) is 9.59 Å². The number of nitrogens with one attached hydrogen (secondary N) is 2. The van der Waals surface area contributed by atoms with Gasteiger partial charge in [0.25, 0.3) is 5.91 Å². The molecule has 0 aliphatic carbocycles. The molecule has 2 aromatic carbocycles. The monoisotopic (exact) mass is 449 g/mol. The van der Waals surface area contributed by atoms with E-state index in [2.05, 4.69) is 37.4 Å². The fraction of sp³-hybridized carbons (Fsp3) is 0.148. The summed E-state index contributed by atoms with van der Waals surface area (Å²) in [5.41, 5.74) is 4.93. The first kappa shape index (κ1) is 21.5. The molecule has 0 saturated heterocycles. The van der Waals surface area contributed by atoms with Gasteiger partial charge >= 0.3 is 0 Å². The first-order valence-corrected chi connectivity index (χ1v) is 11.2. The quantitative estimate of drug-likeness (QED) is 0.373. The van der Waals surface area contributed by atoms with Crippen LogP contribution in [0.4, 0.5) is 5.95 Å². The number of ketones is 1. The first-order chi connectivity index (χ1) is 16.7. The van der Waals surface area contributed by atoms with Gasteiger partial charge in [0.2, 0.25) is 5.95 Å². The van der Waals surface area contributed by atoms with Crippen molar-refractivity contribution in [3.05, 3.63) is 102 Å². The Morgan fingerprint density at radius 1 is 0.912 bits per heavy atom. The number of imidazole rings is 1. The van der Waals surface area contributed by atoms with Gasteiger partial charge in [-0.3, -0.25) is 19.9 Å². The van der Waals surface area contributed by atoms with Crippen LogP contribution < -0.4 is 5.32 Å². The smallest absolute Gasteiger partial charge is 0.276 e. The second-order valence-electron chi connectivity index (χ2n) is 8.13. The van der Waals surface area contributed by atoms with Crippen LogP contribution in [0.5, 0.6) is 0 Å².